The van der Waals surface area contributed by atoms with Gasteiger partial charge in [0.05, 0.1) is 0 Å². The monoisotopic (exact) mass is 430 g/mol. The minimum Gasteiger partial charge on any atom is -0.457 e. The van der Waals surface area contributed by atoms with E-state index in [1.54, 1.807) is 0 Å². The first-order valence-corrected chi connectivity index (χ1v) is 12.4. The second-order valence-corrected chi connectivity index (χ2v) is 8.57. The molecule has 0 unspecified atom stereocenters. The van der Waals surface area contributed by atoms with Gasteiger partial charge in [-0.05, 0) is 54.8 Å². The van der Waals surface area contributed by atoms with Crippen molar-refractivity contribution in [1.82, 2.24) is 0 Å². The Morgan fingerprint density at radius 3 is 1.62 bits per heavy atom. The van der Waals surface area contributed by atoms with Crippen LogP contribution in [0.4, 0.5) is 0 Å². The first kappa shape index (κ1) is 23.9. The molecule has 0 atom stereocenters. The zero-order chi connectivity index (χ0) is 22.3. The van der Waals surface area contributed by atoms with Crippen molar-refractivity contribution in [3.05, 3.63) is 84.4 Å². The van der Waals surface area contributed by atoms with Gasteiger partial charge < -0.3 is 9.47 Å². The molecule has 0 aliphatic heterocycles. The van der Waals surface area contributed by atoms with Crippen molar-refractivity contribution in [2.45, 2.75) is 77.6 Å². The van der Waals surface area contributed by atoms with Gasteiger partial charge in [0.25, 0.3) is 0 Å². The van der Waals surface area contributed by atoms with Crippen LogP contribution in [0.5, 0.6) is 23.0 Å². The highest BCUT2D eigenvalue weighted by Gasteiger charge is 2.03. The largest absolute Gasteiger partial charge is 0.457 e. The first-order valence-electron chi connectivity index (χ1n) is 12.4. The molecular formula is C30H38O2. The third-order valence-corrected chi connectivity index (χ3v) is 5.74. The standard InChI is InChI=1S/C30H38O2/c1-2-3-4-5-6-7-8-9-10-12-17-26-18-15-21-28(24-26)32-30-23-16-22-29(25-30)31-27-19-13-11-14-20-27/h11,13-16,18-25H,2-10,12,17H2,1H3. The van der Waals surface area contributed by atoms with E-state index in [0.717, 1.165) is 29.4 Å². The molecule has 0 aliphatic carbocycles. The summed E-state index contributed by atoms with van der Waals surface area (Å²) in [6.45, 7) is 2.28. The molecule has 0 saturated carbocycles. The van der Waals surface area contributed by atoms with Crippen molar-refractivity contribution in [1.29, 1.82) is 0 Å². The third-order valence-electron chi connectivity index (χ3n) is 5.74. The fourth-order valence-corrected chi connectivity index (χ4v) is 3.94. The van der Waals surface area contributed by atoms with E-state index in [1.165, 1.54) is 69.8 Å². The molecule has 170 valence electrons. The number of aryl methyl sites for hydroxylation is 1. The number of ether oxygens (including phenoxy) is 2. The van der Waals surface area contributed by atoms with Crippen LogP contribution in [0.1, 0.15) is 76.7 Å². The van der Waals surface area contributed by atoms with Crippen molar-refractivity contribution in [2.75, 3.05) is 0 Å². The number of para-hydroxylation sites is 1. The summed E-state index contributed by atoms with van der Waals surface area (Å²) >= 11 is 0. The Balaban J connectivity index is 1.39. The molecule has 0 N–H and O–H groups in total. The summed E-state index contributed by atoms with van der Waals surface area (Å²) in [6.07, 6.45) is 14.8. The van der Waals surface area contributed by atoms with Gasteiger partial charge in [-0.3, -0.25) is 0 Å². The maximum Gasteiger partial charge on any atom is 0.131 e. The van der Waals surface area contributed by atoms with Crippen LogP contribution in [0.25, 0.3) is 0 Å². The van der Waals surface area contributed by atoms with Crippen molar-refractivity contribution < 1.29 is 9.47 Å². The van der Waals surface area contributed by atoms with Crippen molar-refractivity contribution >= 4 is 0 Å². The summed E-state index contributed by atoms with van der Waals surface area (Å²) in [6, 6.07) is 26.1. The van der Waals surface area contributed by atoms with Crippen LogP contribution in [0.2, 0.25) is 0 Å². The van der Waals surface area contributed by atoms with Gasteiger partial charge in [0.1, 0.15) is 23.0 Å². The van der Waals surface area contributed by atoms with E-state index >= 15 is 0 Å². The Morgan fingerprint density at radius 2 is 0.969 bits per heavy atom. The van der Waals surface area contributed by atoms with Crippen LogP contribution >= 0.6 is 0 Å². The smallest absolute Gasteiger partial charge is 0.131 e. The number of hydrogen-bond acceptors (Lipinski definition) is 2. The number of unbranched alkanes of at least 4 members (excludes halogenated alkanes) is 9. The van der Waals surface area contributed by atoms with E-state index in [2.05, 4.69) is 25.1 Å². The highest BCUT2D eigenvalue weighted by atomic mass is 16.5. The Labute approximate surface area is 194 Å². The molecule has 0 amide bonds. The predicted molar refractivity (Wildman–Crippen MR) is 135 cm³/mol. The minimum absolute atomic E-state index is 0.773. The van der Waals surface area contributed by atoms with E-state index in [4.69, 9.17) is 9.47 Å². The van der Waals surface area contributed by atoms with Gasteiger partial charge in [-0.15, -0.1) is 0 Å². The van der Waals surface area contributed by atoms with E-state index in [1.807, 2.05) is 60.7 Å². The lowest BCUT2D eigenvalue weighted by atomic mass is 10.0. The zero-order valence-electron chi connectivity index (χ0n) is 19.6. The second kappa shape index (κ2) is 14.3. The number of benzene rings is 3. The molecule has 3 aromatic carbocycles. The van der Waals surface area contributed by atoms with Crippen LogP contribution in [0, 0.1) is 0 Å². The maximum absolute atomic E-state index is 6.12. The fourth-order valence-electron chi connectivity index (χ4n) is 3.94. The van der Waals surface area contributed by atoms with Crippen LogP contribution in [-0.4, -0.2) is 0 Å². The van der Waals surface area contributed by atoms with Gasteiger partial charge in [-0.1, -0.05) is 101 Å². The topological polar surface area (TPSA) is 18.5 Å². The molecule has 0 fully saturated rings. The van der Waals surface area contributed by atoms with Crippen molar-refractivity contribution in [2.24, 2.45) is 0 Å². The molecule has 0 aromatic heterocycles. The normalized spacial score (nSPS) is 10.8. The highest BCUT2D eigenvalue weighted by molar-refractivity contribution is 5.40. The average molecular weight is 431 g/mol. The van der Waals surface area contributed by atoms with Crippen molar-refractivity contribution in [3.63, 3.8) is 0 Å². The fraction of sp³-hybridized carbons (Fsp3) is 0.400. The van der Waals surface area contributed by atoms with Crippen LogP contribution in [-0.2, 0) is 6.42 Å². The van der Waals surface area contributed by atoms with Crippen molar-refractivity contribution in [3.8, 4) is 23.0 Å². The minimum atomic E-state index is 0.773. The van der Waals surface area contributed by atoms with Gasteiger partial charge in [0, 0.05) is 6.07 Å². The molecule has 3 aromatic rings. The van der Waals surface area contributed by atoms with E-state index < -0.39 is 0 Å². The Morgan fingerprint density at radius 1 is 0.469 bits per heavy atom. The molecule has 0 bridgehead atoms. The first-order chi connectivity index (χ1) is 15.8. The Kier molecular flexibility index (Phi) is 10.7. The molecular weight excluding hydrogens is 392 g/mol. The second-order valence-electron chi connectivity index (χ2n) is 8.57. The average Bonchev–Trinajstić information content (AvgIpc) is 2.81. The van der Waals surface area contributed by atoms with Gasteiger partial charge in [0.2, 0.25) is 0 Å². The predicted octanol–water partition coefficient (Wildman–Crippen LogP) is 9.73. The molecule has 0 heterocycles. The molecule has 2 heteroatoms. The molecule has 2 nitrogen and oxygen atoms in total. The lowest BCUT2D eigenvalue weighted by molar-refractivity contribution is 0.460. The molecule has 3 rings (SSSR count). The molecule has 32 heavy (non-hydrogen) atoms. The van der Waals surface area contributed by atoms with Crippen LogP contribution in [0.15, 0.2) is 78.9 Å². The summed E-state index contributed by atoms with van der Waals surface area (Å²) in [5.41, 5.74) is 1.35. The Hall–Kier alpha value is -2.74. The maximum atomic E-state index is 6.12. The van der Waals surface area contributed by atoms with Gasteiger partial charge in [-0.2, -0.15) is 0 Å². The Bertz CT molecular complexity index is 888. The lowest BCUT2D eigenvalue weighted by Gasteiger charge is -2.10. The lowest BCUT2D eigenvalue weighted by Crippen LogP contribution is -1.90. The van der Waals surface area contributed by atoms with Gasteiger partial charge in [0.15, 0.2) is 0 Å². The quantitative estimate of drug-likeness (QED) is 0.223. The number of hydrogen-bond donors (Lipinski definition) is 0. The summed E-state index contributed by atoms with van der Waals surface area (Å²) < 4.78 is 12.0. The molecule has 0 spiro atoms. The summed E-state index contributed by atoms with van der Waals surface area (Å²) in [5.74, 6) is 3.26. The van der Waals surface area contributed by atoms with Gasteiger partial charge >= 0.3 is 0 Å². The van der Waals surface area contributed by atoms with E-state index in [-0.39, 0.29) is 0 Å². The summed E-state index contributed by atoms with van der Waals surface area (Å²) in [4.78, 5) is 0. The molecule has 0 radical (unpaired) electrons. The molecule has 0 saturated heterocycles. The zero-order valence-corrected chi connectivity index (χ0v) is 19.6. The summed E-state index contributed by atoms with van der Waals surface area (Å²) in [5, 5.41) is 0. The van der Waals surface area contributed by atoms with Crippen LogP contribution in [0.3, 0.4) is 0 Å². The van der Waals surface area contributed by atoms with Crippen LogP contribution < -0.4 is 9.47 Å². The highest BCUT2D eigenvalue weighted by Crippen LogP contribution is 2.29. The van der Waals surface area contributed by atoms with Gasteiger partial charge in [-0.25, -0.2) is 0 Å². The molecule has 0 aliphatic rings. The summed E-state index contributed by atoms with van der Waals surface area (Å²) in [7, 11) is 0. The number of rotatable bonds is 15. The third kappa shape index (κ3) is 9.18. The van der Waals surface area contributed by atoms with E-state index in [0.29, 0.717) is 0 Å². The SMILES string of the molecule is CCCCCCCCCCCCc1cccc(Oc2cccc(Oc3ccccc3)c2)c1. The van der Waals surface area contributed by atoms with E-state index in [9.17, 15) is 0 Å².